The number of hydrogen-bond donors (Lipinski definition) is 1. The number of aromatic hydroxyl groups is 1. The first-order valence-electron chi connectivity index (χ1n) is 4.70. The summed E-state index contributed by atoms with van der Waals surface area (Å²) in [6, 6.07) is 13.0. The highest BCUT2D eigenvalue weighted by atomic mass is 19.1. The summed E-state index contributed by atoms with van der Waals surface area (Å²) in [5, 5.41) is 17.9. The average Bonchev–Trinajstić information content (AvgIpc) is 2.33. The van der Waals surface area contributed by atoms with Gasteiger partial charge in [-0.3, -0.25) is 0 Å². The van der Waals surface area contributed by atoms with Crippen LogP contribution in [0, 0.1) is 17.1 Å². The van der Waals surface area contributed by atoms with Crippen LogP contribution in [-0.2, 0) is 0 Å². The first-order valence-corrected chi connectivity index (χ1v) is 4.70. The number of halogens is 1. The molecule has 0 aliphatic rings. The molecule has 2 aromatic carbocycles. The summed E-state index contributed by atoms with van der Waals surface area (Å²) in [6.07, 6.45) is 0. The van der Waals surface area contributed by atoms with Gasteiger partial charge in [-0.2, -0.15) is 5.26 Å². The predicted octanol–water partition coefficient (Wildman–Crippen LogP) is 3.07. The number of phenolic OH excluding ortho intramolecular Hbond substituents is 1. The van der Waals surface area contributed by atoms with Gasteiger partial charge < -0.3 is 5.11 Å². The molecule has 1 N–H and O–H groups in total. The van der Waals surface area contributed by atoms with Gasteiger partial charge in [0.15, 0.2) is 11.6 Å². The minimum atomic E-state index is -0.641. The molecule has 0 heterocycles. The standard InChI is InChI=1S/C13H8FNO/c14-12-6-5-11(7-13(12)16)10-3-1-9(8-15)2-4-10/h1-7,16H. The number of nitrogens with zero attached hydrogens (tertiary/aromatic N) is 1. The van der Waals surface area contributed by atoms with Crippen molar-refractivity contribution in [2.75, 3.05) is 0 Å². The molecular formula is C13H8FNO. The maximum atomic E-state index is 12.8. The molecule has 0 aromatic heterocycles. The molecule has 78 valence electrons. The monoisotopic (exact) mass is 213 g/mol. The molecule has 0 atom stereocenters. The van der Waals surface area contributed by atoms with E-state index in [0.717, 1.165) is 5.56 Å². The topological polar surface area (TPSA) is 44.0 Å². The van der Waals surface area contributed by atoms with E-state index in [0.29, 0.717) is 11.1 Å². The predicted molar refractivity (Wildman–Crippen MR) is 58.2 cm³/mol. The van der Waals surface area contributed by atoms with Crippen LogP contribution in [0.3, 0.4) is 0 Å². The van der Waals surface area contributed by atoms with Crippen LogP contribution in [0.2, 0.25) is 0 Å². The molecule has 0 unspecified atom stereocenters. The van der Waals surface area contributed by atoms with E-state index < -0.39 is 5.82 Å². The fraction of sp³-hybridized carbons (Fsp3) is 0. The van der Waals surface area contributed by atoms with Crippen LogP contribution in [0.1, 0.15) is 5.56 Å². The van der Waals surface area contributed by atoms with E-state index in [1.165, 1.54) is 12.1 Å². The van der Waals surface area contributed by atoms with Crippen molar-refractivity contribution in [2.45, 2.75) is 0 Å². The zero-order chi connectivity index (χ0) is 11.5. The molecule has 0 saturated heterocycles. The van der Waals surface area contributed by atoms with E-state index in [9.17, 15) is 9.50 Å². The highest BCUT2D eigenvalue weighted by Gasteiger charge is 2.03. The third-order valence-electron chi connectivity index (χ3n) is 2.29. The maximum Gasteiger partial charge on any atom is 0.164 e. The van der Waals surface area contributed by atoms with E-state index in [2.05, 4.69) is 0 Å². The Morgan fingerprint density at radius 1 is 1.00 bits per heavy atom. The van der Waals surface area contributed by atoms with Crippen molar-refractivity contribution in [3.63, 3.8) is 0 Å². The van der Waals surface area contributed by atoms with Crippen LogP contribution >= 0.6 is 0 Å². The third-order valence-corrected chi connectivity index (χ3v) is 2.29. The van der Waals surface area contributed by atoms with E-state index in [1.807, 2.05) is 6.07 Å². The van der Waals surface area contributed by atoms with Crippen LogP contribution in [0.5, 0.6) is 5.75 Å². The molecule has 2 rings (SSSR count). The van der Waals surface area contributed by atoms with E-state index in [-0.39, 0.29) is 5.75 Å². The zero-order valence-electron chi connectivity index (χ0n) is 8.31. The molecule has 3 heteroatoms. The zero-order valence-corrected chi connectivity index (χ0v) is 8.31. The molecule has 0 fully saturated rings. The van der Waals surface area contributed by atoms with Gasteiger partial charge in [0.2, 0.25) is 0 Å². The summed E-state index contributed by atoms with van der Waals surface area (Å²) in [5.74, 6) is -1.01. The Balaban J connectivity index is 2.43. The molecule has 0 aliphatic carbocycles. The smallest absolute Gasteiger partial charge is 0.164 e. The van der Waals surface area contributed by atoms with Crippen LogP contribution in [0.25, 0.3) is 11.1 Å². The fourth-order valence-electron chi connectivity index (χ4n) is 1.43. The van der Waals surface area contributed by atoms with Crippen LogP contribution in [0.15, 0.2) is 42.5 Å². The van der Waals surface area contributed by atoms with E-state index >= 15 is 0 Å². The first-order chi connectivity index (χ1) is 7.70. The molecule has 0 amide bonds. The Morgan fingerprint density at radius 2 is 1.62 bits per heavy atom. The van der Waals surface area contributed by atoms with Crippen molar-refractivity contribution in [3.05, 3.63) is 53.8 Å². The Hall–Kier alpha value is -2.34. The summed E-state index contributed by atoms with van der Waals surface area (Å²) in [4.78, 5) is 0. The van der Waals surface area contributed by atoms with Gasteiger partial charge >= 0.3 is 0 Å². The van der Waals surface area contributed by atoms with Gasteiger partial charge in [0.05, 0.1) is 11.6 Å². The lowest BCUT2D eigenvalue weighted by Gasteiger charge is -2.02. The van der Waals surface area contributed by atoms with Gasteiger partial charge in [-0.1, -0.05) is 18.2 Å². The second kappa shape index (κ2) is 4.03. The average molecular weight is 213 g/mol. The molecule has 0 bridgehead atoms. The van der Waals surface area contributed by atoms with Crippen molar-refractivity contribution in [1.29, 1.82) is 5.26 Å². The van der Waals surface area contributed by atoms with E-state index in [4.69, 9.17) is 5.26 Å². The molecule has 2 aromatic rings. The van der Waals surface area contributed by atoms with Gasteiger partial charge in [0.1, 0.15) is 0 Å². The lowest BCUT2D eigenvalue weighted by molar-refractivity contribution is 0.433. The molecule has 0 radical (unpaired) electrons. The van der Waals surface area contributed by atoms with Crippen molar-refractivity contribution < 1.29 is 9.50 Å². The van der Waals surface area contributed by atoms with Crippen molar-refractivity contribution >= 4 is 0 Å². The van der Waals surface area contributed by atoms with Crippen molar-refractivity contribution in [3.8, 4) is 22.9 Å². The maximum absolute atomic E-state index is 12.8. The minimum absolute atomic E-state index is 0.373. The highest BCUT2D eigenvalue weighted by molar-refractivity contribution is 5.65. The van der Waals surface area contributed by atoms with Gasteiger partial charge in [-0.05, 0) is 35.4 Å². The summed E-state index contributed by atoms with van der Waals surface area (Å²) >= 11 is 0. The Labute approximate surface area is 92.2 Å². The first kappa shape index (κ1) is 10.2. The highest BCUT2D eigenvalue weighted by Crippen LogP contribution is 2.25. The van der Waals surface area contributed by atoms with Gasteiger partial charge in [0.25, 0.3) is 0 Å². The second-order valence-electron chi connectivity index (χ2n) is 3.36. The number of rotatable bonds is 1. The van der Waals surface area contributed by atoms with Crippen LogP contribution < -0.4 is 0 Å². The van der Waals surface area contributed by atoms with Gasteiger partial charge in [-0.25, -0.2) is 4.39 Å². The third kappa shape index (κ3) is 1.86. The minimum Gasteiger partial charge on any atom is -0.505 e. The largest absolute Gasteiger partial charge is 0.505 e. The van der Waals surface area contributed by atoms with Crippen LogP contribution in [-0.4, -0.2) is 5.11 Å². The lowest BCUT2D eigenvalue weighted by Crippen LogP contribution is -1.81. The molecule has 2 nitrogen and oxygen atoms in total. The summed E-state index contributed by atoms with van der Waals surface area (Å²) in [6.45, 7) is 0. The number of hydrogen-bond acceptors (Lipinski definition) is 2. The molecule has 0 saturated carbocycles. The summed E-state index contributed by atoms with van der Waals surface area (Å²) < 4.78 is 12.8. The Bertz CT molecular complexity index is 555. The molecule has 0 aliphatic heterocycles. The molecular weight excluding hydrogens is 205 g/mol. The second-order valence-corrected chi connectivity index (χ2v) is 3.36. The number of phenols is 1. The molecule has 0 spiro atoms. The molecule has 16 heavy (non-hydrogen) atoms. The van der Waals surface area contributed by atoms with Crippen molar-refractivity contribution in [1.82, 2.24) is 0 Å². The number of benzene rings is 2. The summed E-state index contributed by atoms with van der Waals surface area (Å²) in [5.41, 5.74) is 2.10. The summed E-state index contributed by atoms with van der Waals surface area (Å²) in [7, 11) is 0. The van der Waals surface area contributed by atoms with Crippen molar-refractivity contribution in [2.24, 2.45) is 0 Å². The quantitative estimate of drug-likeness (QED) is 0.791. The Kier molecular flexibility index (Phi) is 2.57. The normalized spacial score (nSPS) is 9.75. The fourth-order valence-corrected chi connectivity index (χ4v) is 1.43. The van der Waals surface area contributed by atoms with Gasteiger partial charge in [-0.15, -0.1) is 0 Å². The van der Waals surface area contributed by atoms with Gasteiger partial charge in [0, 0.05) is 0 Å². The SMILES string of the molecule is N#Cc1ccc(-c2ccc(F)c(O)c2)cc1. The van der Waals surface area contributed by atoms with E-state index in [1.54, 1.807) is 30.3 Å². The Morgan fingerprint density at radius 3 is 2.19 bits per heavy atom. The lowest BCUT2D eigenvalue weighted by atomic mass is 10.0. The van der Waals surface area contributed by atoms with Crippen LogP contribution in [0.4, 0.5) is 4.39 Å². The number of nitriles is 1.